The van der Waals surface area contributed by atoms with Crippen LogP contribution in [-0.2, 0) is 28.7 Å². The van der Waals surface area contributed by atoms with Crippen molar-refractivity contribution in [2.45, 2.75) is 123 Å². The Morgan fingerprint density at radius 3 is 1.45 bits per heavy atom. The second-order valence-corrected chi connectivity index (χ2v) is 17.8. The maximum absolute atomic E-state index is 13.4. The van der Waals surface area contributed by atoms with E-state index in [1.165, 1.54) is 0 Å². The Morgan fingerprint density at radius 2 is 1.10 bits per heavy atom. The average Bonchev–Trinajstić information content (AvgIpc) is 2.92. The van der Waals surface area contributed by atoms with Crippen LogP contribution < -0.4 is 0 Å². The van der Waals surface area contributed by atoms with Gasteiger partial charge in [0.05, 0.1) is 43.3 Å². The number of carboxylic acid groups (broad SMARTS) is 2. The van der Waals surface area contributed by atoms with Crippen molar-refractivity contribution in [2.75, 3.05) is 26.4 Å². The highest BCUT2D eigenvalue weighted by molar-refractivity contribution is 5.82. The van der Waals surface area contributed by atoms with Crippen molar-refractivity contribution in [3.8, 4) is 0 Å². The normalized spacial score (nSPS) is 15.9. The lowest BCUT2D eigenvalue weighted by Crippen LogP contribution is -2.42. The first-order valence-electron chi connectivity index (χ1n) is 17.4. The summed E-state index contributed by atoms with van der Waals surface area (Å²) in [6.07, 6.45) is 4.58. The van der Waals surface area contributed by atoms with Crippen molar-refractivity contribution < 1.29 is 49.1 Å². The summed E-state index contributed by atoms with van der Waals surface area (Å²) in [5.74, 6) is -5.88. The molecule has 0 aliphatic heterocycles. The van der Waals surface area contributed by atoms with Crippen LogP contribution in [0.25, 0.3) is 0 Å². The molecular formula is C39H68O10. The van der Waals surface area contributed by atoms with E-state index in [0.717, 1.165) is 12.8 Å². The molecule has 10 nitrogen and oxygen atoms in total. The van der Waals surface area contributed by atoms with Gasteiger partial charge in [0.1, 0.15) is 13.2 Å². The number of allylic oxidation sites excluding steroid dienone is 2. The summed E-state index contributed by atoms with van der Waals surface area (Å²) in [7, 11) is 0. The number of aliphatic hydroxyl groups is 2. The summed E-state index contributed by atoms with van der Waals surface area (Å²) in [6.45, 7) is 26.1. The Balaban J connectivity index is 6.11. The summed E-state index contributed by atoms with van der Waals surface area (Å²) >= 11 is 0. The highest BCUT2D eigenvalue weighted by Gasteiger charge is 2.39. The second kappa shape index (κ2) is 18.5. The van der Waals surface area contributed by atoms with Crippen LogP contribution >= 0.6 is 0 Å². The van der Waals surface area contributed by atoms with Gasteiger partial charge in [-0.2, -0.15) is 0 Å². The average molecular weight is 697 g/mol. The van der Waals surface area contributed by atoms with Crippen LogP contribution in [0.5, 0.6) is 0 Å². The number of hydrogen-bond donors (Lipinski definition) is 4. The molecule has 284 valence electrons. The van der Waals surface area contributed by atoms with Gasteiger partial charge in [-0.3, -0.25) is 19.2 Å². The van der Waals surface area contributed by atoms with Crippen LogP contribution in [0.4, 0.5) is 0 Å². The van der Waals surface area contributed by atoms with Gasteiger partial charge in [-0.1, -0.05) is 106 Å². The molecule has 0 saturated heterocycles. The predicted molar refractivity (Wildman–Crippen MR) is 192 cm³/mol. The fraction of sp³-hybridized carbons (Fsp3) is 0.795. The van der Waals surface area contributed by atoms with Crippen molar-refractivity contribution in [1.29, 1.82) is 0 Å². The van der Waals surface area contributed by atoms with E-state index in [1.54, 1.807) is 13.8 Å². The van der Waals surface area contributed by atoms with E-state index in [-0.39, 0.29) is 22.2 Å². The molecular weight excluding hydrogens is 628 g/mol. The molecule has 0 radical (unpaired) electrons. The fourth-order valence-corrected chi connectivity index (χ4v) is 6.55. The zero-order valence-corrected chi connectivity index (χ0v) is 32.9. The van der Waals surface area contributed by atoms with E-state index < -0.39 is 85.8 Å². The molecule has 0 saturated carbocycles. The molecule has 0 amide bonds. The third kappa shape index (κ3) is 15.4. The number of carbonyl (C=O) groups excluding carboxylic acids is 2. The molecule has 4 N–H and O–H groups in total. The minimum Gasteiger partial charge on any atom is -0.481 e. The summed E-state index contributed by atoms with van der Waals surface area (Å²) < 4.78 is 11.0. The Kier molecular flexibility index (Phi) is 17.5. The highest BCUT2D eigenvalue weighted by Crippen LogP contribution is 2.46. The fourth-order valence-electron chi connectivity index (χ4n) is 6.55. The van der Waals surface area contributed by atoms with Crippen molar-refractivity contribution in [3.63, 3.8) is 0 Å². The third-order valence-corrected chi connectivity index (χ3v) is 10.1. The summed E-state index contributed by atoms with van der Waals surface area (Å²) in [6, 6.07) is 0. The predicted octanol–water partition coefficient (Wildman–Crippen LogP) is 7.32. The van der Waals surface area contributed by atoms with Gasteiger partial charge < -0.3 is 29.9 Å². The quantitative estimate of drug-likeness (QED) is 0.0705. The van der Waals surface area contributed by atoms with Crippen molar-refractivity contribution in [1.82, 2.24) is 0 Å². The number of esters is 2. The lowest BCUT2D eigenvalue weighted by molar-refractivity contribution is -0.165. The van der Waals surface area contributed by atoms with Gasteiger partial charge in [-0.05, 0) is 60.2 Å². The van der Waals surface area contributed by atoms with Crippen molar-refractivity contribution >= 4 is 23.9 Å². The minimum absolute atomic E-state index is 0.00677. The maximum atomic E-state index is 13.4. The summed E-state index contributed by atoms with van der Waals surface area (Å²) in [5.41, 5.74) is -1.20. The first kappa shape index (κ1) is 46.3. The molecule has 3 unspecified atom stereocenters. The Hall–Kier alpha value is -2.72. The summed E-state index contributed by atoms with van der Waals surface area (Å²) in [4.78, 5) is 50.2. The Morgan fingerprint density at radius 1 is 0.694 bits per heavy atom. The first-order valence-corrected chi connectivity index (χ1v) is 17.4. The van der Waals surface area contributed by atoms with E-state index in [4.69, 9.17) is 9.47 Å². The molecule has 0 fully saturated rings. The molecule has 0 heterocycles. The molecule has 0 aliphatic carbocycles. The Bertz CT molecular complexity index is 1180. The number of rotatable bonds is 21. The van der Waals surface area contributed by atoms with Gasteiger partial charge in [-0.15, -0.1) is 0 Å². The van der Waals surface area contributed by atoms with Crippen LogP contribution in [0.1, 0.15) is 123 Å². The first-order chi connectivity index (χ1) is 22.0. The zero-order chi connectivity index (χ0) is 38.8. The molecule has 0 spiro atoms. The highest BCUT2D eigenvalue weighted by atomic mass is 16.6. The van der Waals surface area contributed by atoms with Gasteiger partial charge in [0, 0.05) is 0 Å². The topological polar surface area (TPSA) is 168 Å². The monoisotopic (exact) mass is 696 g/mol. The minimum atomic E-state index is -1.61. The lowest BCUT2D eigenvalue weighted by Gasteiger charge is -2.42. The van der Waals surface area contributed by atoms with E-state index in [0.29, 0.717) is 17.1 Å². The van der Waals surface area contributed by atoms with E-state index >= 15 is 0 Å². The number of aliphatic hydroxyl groups excluding tert-OH is 2. The van der Waals surface area contributed by atoms with Gasteiger partial charge in [0.25, 0.3) is 0 Å². The number of ether oxygens (including phenoxy) is 2. The van der Waals surface area contributed by atoms with Gasteiger partial charge in [0.2, 0.25) is 0 Å². The Labute approximate surface area is 295 Å². The number of carbonyl (C=O) groups is 4. The molecule has 0 aromatic carbocycles. The number of carboxylic acids is 2. The van der Waals surface area contributed by atoms with Crippen LogP contribution in [0.15, 0.2) is 23.3 Å². The molecule has 0 aromatic rings. The molecule has 0 bridgehead atoms. The van der Waals surface area contributed by atoms with Crippen molar-refractivity contribution in [3.05, 3.63) is 23.3 Å². The molecule has 10 heteroatoms. The summed E-state index contributed by atoms with van der Waals surface area (Å²) in [5, 5.41) is 39.7. The smallest absolute Gasteiger partial charge is 0.313 e. The second-order valence-electron chi connectivity index (χ2n) is 17.8. The van der Waals surface area contributed by atoms with Crippen LogP contribution in [0.3, 0.4) is 0 Å². The SMILES string of the molecule is C/C(=C\C(C)C(C)(C)CC(C)(C)C)C(CC(=O)O)C(=O)OCC(CO)(CO)COC(=O)C(CC(=O)O)/C(C)=C/C(C)(C)C(C)(C)CC(C)C. The van der Waals surface area contributed by atoms with Gasteiger partial charge in [0.15, 0.2) is 0 Å². The van der Waals surface area contributed by atoms with Gasteiger partial charge in [-0.25, -0.2) is 0 Å². The lowest BCUT2D eigenvalue weighted by atomic mass is 9.63. The molecule has 0 aromatic heterocycles. The van der Waals surface area contributed by atoms with Crippen molar-refractivity contribution in [2.24, 2.45) is 50.7 Å². The molecule has 3 atom stereocenters. The standard InChI is InChI=1S/C39H68O10/c1-25(2)18-37(11,12)38(13,14)19-27(4)30(17-32(44)45)34(47)49-24-39(21-40,22-41)23-48-33(46)29(16-31(42)43)26(3)15-28(5)36(9,10)20-35(6,7)8/h15,19,25,28-30,40-41H,16-18,20-24H2,1-14H3,(H,42,43)(H,44,45)/b26-15+,27-19+. The number of hydrogen-bond acceptors (Lipinski definition) is 8. The molecule has 0 rings (SSSR count). The van der Waals surface area contributed by atoms with Crippen LogP contribution in [0, 0.1) is 50.7 Å². The third-order valence-electron chi connectivity index (χ3n) is 10.1. The van der Waals surface area contributed by atoms with E-state index in [2.05, 4.69) is 62.3 Å². The van der Waals surface area contributed by atoms with Crippen LogP contribution in [-0.4, -0.2) is 70.7 Å². The molecule has 0 aliphatic rings. The van der Waals surface area contributed by atoms with E-state index in [1.807, 2.05) is 32.9 Å². The van der Waals surface area contributed by atoms with Crippen LogP contribution in [0.2, 0.25) is 0 Å². The zero-order valence-electron chi connectivity index (χ0n) is 32.9. The maximum Gasteiger partial charge on any atom is 0.313 e. The largest absolute Gasteiger partial charge is 0.481 e. The number of aliphatic carboxylic acids is 2. The van der Waals surface area contributed by atoms with E-state index in [9.17, 15) is 39.6 Å². The van der Waals surface area contributed by atoms with Gasteiger partial charge >= 0.3 is 23.9 Å². The molecule has 49 heavy (non-hydrogen) atoms.